The van der Waals surface area contributed by atoms with Gasteiger partial charge >= 0.3 is 0 Å². The van der Waals surface area contributed by atoms with Crippen molar-refractivity contribution in [3.05, 3.63) is 95.6 Å². The van der Waals surface area contributed by atoms with Gasteiger partial charge in [-0.15, -0.1) is 0 Å². The van der Waals surface area contributed by atoms with Crippen LogP contribution in [-0.4, -0.2) is 39.6 Å². The molecule has 0 aliphatic rings. The van der Waals surface area contributed by atoms with Crippen molar-refractivity contribution in [3.8, 4) is 0 Å². The first-order chi connectivity index (χ1) is 15.8. The number of para-hydroxylation sites is 1. The van der Waals surface area contributed by atoms with Crippen molar-refractivity contribution in [2.45, 2.75) is 13.3 Å². The van der Waals surface area contributed by atoms with E-state index in [9.17, 15) is 18.0 Å². The third-order valence-corrected chi connectivity index (χ3v) is 6.34. The molecule has 0 radical (unpaired) electrons. The number of hydrogen-bond acceptors (Lipinski definition) is 4. The summed E-state index contributed by atoms with van der Waals surface area (Å²) >= 11 is 0. The molecule has 0 heterocycles. The number of carbonyl (C=O) groups is 2. The van der Waals surface area contributed by atoms with E-state index in [-0.39, 0.29) is 12.5 Å². The number of carbonyl (C=O) groups excluding carboxylic acids is 2. The van der Waals surface area contributed by atoms with Crippen LogP contribution in [0.2, 0.25) is 0 Å². The van der Waals surface area contributed by atoms with E-state index in [1.807, 2.05) is 30.3 Å². The summed E-state index contributed by atoms with van der Waals surface area (Å²) in [7, 11) is -3.40. The average molecular weight is 466 g/mol. The van der Waals surface area contributed by atoms with Crippen LogP contribution < -0.4 is 14.9 Å². The van der Waals surface area contributed by atoms with Crippen molar-refractivity contribution in [1.82, 2.24) is 5.32 Å². The lowest BCUT2D eigenvalue weighted by Gasteiger charge is -2.20. The van der Waals surface area contributed by atoms with Gasteiger partial charge in [-0.3, -0.25) is 13.9 Å². The predicted molar refractivity (Wildman–Crippen MR) is 131 cm³/mol. The third kappa shape index (κ3) is 6.43. The zero-order valence-corrected chi connectivity index (χ0v) is 19.4. The smallest absolute Gasteiger partial charge is 0.255 e. The normalized spacial score (nSPS) is 11.0. The van der Waals surface area contributed by atoms with Crippen LogP contribution in [0.5, 0.6) is 0 Å². The Bertz CT molecular complexity index is 1210. The van der Waals surface area contributed by atoms with Crippen LogP contribution in [0, 0.1) is 0 Å². The van der Waals surface area contributed by atoms with Crippen molar-refractivity contribution in [1.29, 1.82) is 0 Å². The van der Waals surface area contributed by atoms with Crippen LogP contribution in [0.15, 0.2) is 78.9 Å². The summed E-state index contributed by atoms with van der Waals surface area (Å²) in [5.41, 5.74) is 2.72. The summed E-state index contributed by atoms with van der Waals surface area (Å²) < 4.78 is 25.0. The summed E-state index contributed by atoms with van der Waals surface area (Å²) in [5, 5.41) is 5.67. The Labute approximate surface area is 194 Å². The van der Waals surface area contributed by atoms with Gasteiger partial charge in [-0.1, -0.05) is 42.5 Å². The Morgan fingerprint density at radius 1 is 0.848 bits per heavy atom. The fourth-order valence-electron chi connectivity index (χ4n) is 3.43. The molecule has 0 saturated carbocycles. The summed E-state index contributed by atoms with van der Waals surface area (Å²) in [6.45, 7) is 2.50. The second kappa shape index (κ2) is 10.8. The largest absolute Gasteiger partial charge is 0.352 e. The van der Waals surface area contributed by atoms with Gasteiger partial charge in [0.05, 0.1) is 23.2 Å². The number of nitrogens with one attached hydrogen (secondary N) is 2. The molecule has 3 aromatic rings. The number of amides is 2. The van der Waals surface area contributed by atoms with E-state index in [0.29, 0.717) is 35.5 Å². The topological polar surface area (TPSA) is 95.6 Å². The first-order valence-corrected chi connectivity index (χ1v) is 12.4. The number of anilines is 2. The molecule has 0 aliphatic carbocycles. The molecule has 0 unspecified atom stereocenters. The van der Waals surface area contributed by atoms with Gasteiger partial charge in [-0.05, 0) is 55.3 Å². The van der Waals surface area contributed by atoms with E-state index in [1.54, 1.807) is 55.5 Å². The van der Waals surface area contributed by atoms with E-state index < -0.39 is 15.9 Å². The highest BCUT2D eigenvalue weighted by molar-refractivity contribution is 7.92. The summed E-state index contributed by atoms with van der Waals surface area (Å²) in [6.07, 6.45) is 1.84. The number of benzene rings is 3. The maximum Gasteiger partial charge on any atom is 0.255 e. The van der Waals surface area contributed by atoms with Gasteiger partial charge in [-0.25, -0.2) is 8.42 Å². The molecule has 3 aromatic carbocycles. The highest BCUT2D eigenvalue weighted by Crippen LogP contribution is 2.20. The SMILES string of the molecule is CCN(c1ccc(C(=O)Nc2ccccc2C(=O)NCCc2ccccc2)cc1)S(C)(=O)=O. The molecular formula is C25H27N3O4S. The van der Waals surface area contributed by atoms with Crippen LogP contribution >= 0.6 is 0 Å². The number of hydrogen-bond donors (Lipinski definition) is 2. The fraction of sp³-hybridized carbons (Fsp3) is 0.200. The molecule has 8 heteroatoms. The zero-order valence-electron chi connectivity index (χ0n) is 18.6. The first-order valence-electron chi connectivity index (χ1n) is 10.6. The Morgan fingerprint density at radius 3 is 2.12 bits per heavy atom. The molecule has 33 heavy (non-hydrogen) atoms. The van der Waals surface area contributed by atoms with Crippen LogP contribution in [0.3, 0.4) is 0 Å². The van der Waals surface area contributed by atoms with Gasteiger partial charge in [0, 0.05) is 18.7 Å². The molecule has 2 amide bonds. The number of nitrogens with zero attached hydrogens (tertiary/aromatic N) is 1. The molecule has 0 spiro atoms. The van der Waals surface area contributed by atoms with Gasteiger partial charge < -0.3 is 10.6 Å². The van der Waals surface area contributed by atoms with Crippen molar-refractivity contribution in [2.24, 2.45) is 0 Å². The summed E-state index contributed by atoms with van der Waals surface area (Å²) in [4.78, 5) is 25.5. The molecule has 3 rings (SSSR count). The minimum atomic E-state index is -3.40. The van der Waals surface area contributed by atoms with Crippen LogP contribution in [-0.2, 0) is 16.4 Å². The predicted octanol–water partition coefficient (Wildman–Crippen LogP) is 3.70. The van der Waals surface area contributed by atoms with E-state index in [0.717, 1.165) is 11.8 Å². The van der Waals surface area contributed by atoms with Gasteiger partial charge in [0.15, 0.2) is 0 Å². The van der Waals surface area contributed by atoms with Crippen LogP contribution in [0.25, 0.3) is 0 Å². The quantitative estimate of drug-likeness (QED) is 0.504. The molecule has 0 bridgehead atoms. The van der Waals surface area contributed by atoms with Crippen molar-refractivity contribution >= 4 is 33.2 Å². The molecular weight excluding hydrogens is 438 g/mol. The van der Waals surface area contributed by atoms with E-state index in [1.165, 1.54) is 4.31 Å². The molecule has 172 valence electrons. The Morgan fingerprint density at radius 2 is 1.48 bits per heavy atom. The second-order valence-corrected chi connectivity index (χ2v) is 9.37. The van der Waals surface area contributed by atoms with Gasteiger partial charge in [0.2, 0.25) is 10.0 Å². The average Bonchev–Trinajstić information content (AvgIpc) is 2.80. The van der Waals surface area contributed by atoms with Gasteiger partial charge in [0.25, 0.3) is 11.8 Å². The Balaban J connectivity index is 1.67. The molecule has 2 N–H and O–H groups in total. The summed E-state index contributed by atoms with van der Waals surface area (Å²) in [5.74, 6) is -0.669. The number of rotatable bonds is 9. The van der Waals surface area contributed by atoms with Crippen molar-refractivity contribution < 1.29 is 18.0 Å². The lowest BCUT2D eigenvalue weighted by Crippen LogP contribution is -2.29. The highest BCUT2D eigenvalue weighted by atomic mass is 32.2. The van der Waals surface area contributed by atoms with E-state index in [4.69, 9.17) is 0 Å². The second-order valence-electron chi connectivity index (χ2n) is 7.47. The molecule has 0 aliphatic heterocycles. The highest BCUT2D eigenvalue weighted by Gasteiger charge is 2.17. The summed E-state index contributed by atoms with van der Waals surface area (Å²) in [6, 6.07) is 22.9. The molecule has 0 atom stereocenters. The van der Waals surface area contributed by atoms with E-state index >= 15 is 0 Å². The standard InChI is InChI=1S/C25H27N3O4S/c1-3-28(33(2,31)32)21-15-13-20(14-16-21)24(29)27-23-12-8-7-11-22(23)25(30)26-18-17-19-9-5-4-6-10-19/h4-16H,3,17-18H2,1-2H3,(H,26,30)(H,27,29). The molecule has 0 aromatic heterocycles. The fourth-order valence-corrected chi connectivity index (χ4v) is 4.41. The monoisotopic (exact) mass is 465 g/mol. The van der Waals surface area contributed by atoms with Gasteiger partial charge in [0.1, 0.15) is 0 Å². The minimum Gasteiger partial charge on any atom is -0.352 e. The lowest BCUT2D eigenvalue weighted by molar-refractivity contribution is 0.0955. The number of sulfonamides is 1. The molecule has 0 saturated heterocycles. The lowest BCUT2D eigenvalue weighted by atomic mass is 10.1. The zero-order chi connectivity index (χ0) is 23.8. The van der Waals surface area contributed by atoms with Crippen LogP contribution in [0.1, 0.15) is 33.2 Å². The van der Waals surface area contributed by atoms with Crippen molar-refractivity contribution in [2.75, 3.05) is 29.0 Å². The van der Waals surface area contributed by atoms with Gasteiger partial charge in [-0.2, -0.15) is 0 Å². The van der Waals surface area contributed by atoms with Crippen LogP contribution in [0.4, 0.5) is 11.4 Å². The van der Waals surface area contributed by atoms with E-state index in [2.05, 4.69) is 10.6 Å². The first kappa shape index (κ1) is 24.0. The minimum absolute atomic E-state index is 0.274. The molecule has 0 fully saturated rings. The Hall–Kier alpha value is -3.65. The maximum absolute atomic E-state index is 12.8. The van der Waals surface area contributed by atoms with Crippen molar-refractivity contribution in [3.63, 3.8) is 0 Å². The maximum atomic E-state index is 12.8. The third-order valence-electron chi connectivity index (χ3n) is 5.07. The Kier molecular flexibility index (Phi) is 7.84. The molecule has 7 nitrogen and oxygen atoms in total.